The van der Waals surface area contributed by atoms with Crippen molar-refractivity contribution in [3.8, 4) is 5.75 Å². The molecule has 0 spiro atoms. The number of anilines is 1. The van der Waals surface area contributed by atoms with Crippen molar-refractivity contribution in [1.29, 1.82) is 0 Å². The summed E-state index contributed by atoms with van der Waals surface area (Å²) < 4.78 is 31.3. The highest BCUT2D eigenvalue weighted by atomic mass is 19.1. The third kappa shape index (κ3) is 3.19. The maximum absolute atomic E-state index is 13.1. The number of ether oxygens (including phenoxy) is 1. The lowest BCUT2D eigenvalue weighted by Crippen LogP contribution is -2.08. The summed E-state index contributed by atoms with van der Waals surface area (Å²) in [5.41, 5.74) is 1.34. The molecular weight excluding hydrogens is 250 g/mol. The van der Waals surface area contributed by atoms with Crippen molar-refractivity contribution in [2.45, 2.75) is 13.0 Å². The van der Waals surface area contributed by atoms with Crippen LogP contribution in [0.1, 0.15) is 18.5 Å². The highest BCUT2D eigenvalue weighted by Crippen LogP contribution is 2.28. The van der Waals surface area contributed by atoms with Crippen LogP contribution >= 0.6 is 0 Å². The monoisotopic (exact) mass is 264 g/mol. The zero-order valence-electron chi connectivity index (χ0n) is 10.7. The summed E-state index contributed by atoms with van der Waals surface area (Å²) in [5.74, 6) is -0.365. The van der Waals surface area contributed by atoms with Gasteiger partial charge in [-0.05, 0) is 30.7 Å². The first-order valence-electron chi connectivity index (χ1n) is 5.80. The first-order valence-corrected chi connectivity index (χ1v) is 5.80. The zero-order chi connectivity index (χ0) is 13.8. The van der Waals surface area contributed by atoms with Crippen LogP contribution in [0.3, 0.4) is 0 Å². The second kappa shape index (κ2) is 5.65. The Kier molecular flexibility index (Phi) is 3.94. The summed E-state index contributed by atoms with van der Waals surface area (Å²) in [6.45, 7) is 1.86. The van der Waals surface area contributed by atoms with E-state index in [4.69, 9.17) is 4.74 Å². The van der Waals surface area contributed by atoms with Crippen molar-refractivity contribution in [1.82, 2.24) is 4.98 Å². The fourth-order valence-corrected chi connectivity index (χ4v) is 1.77. The molecule has 0 aliphatic carbocycles. The van der Waals surface area contributed by atoms with E-state index >= 15 is 0 Å². The van der Waals surface area contributed by atoms with Crippen molar-refractivity contribution < 1.29 is 13.5 Å². The minimum Gasteiger partial charge on any atom is -0.494 e. The van der Waals surface area contributed by atoms with E-state index in [0.29, 0.717) is 17.0 Å². The first kappa shape index (κ1) is 13.3. The van der Waals surface area contributed by atoms with Crippen molar-refractivity contribution in [3.63, 3.8) is 0 Å². The molecule has 2 aromatic rings. The Morgan fingerprint density at radius 1 is 1.16 bits per heavy atom. The van der Waals surface area contributed by atoms with Gasteiger partial charge in [-0.15, -0.1) is 0 Å². The predicted molar refractivity (Wildman–Crippen MR) is 69.2 cm³/mol. The molecule has 3 nitrogen and oxygen atoms in total. The lowest BCUT2D eigenvalue weighted by molar-refractivity contribution is 0.412. The van der Waals surface area contributed by atoms with Gasteiger partial charge in [-0.3, -0.25) is 4.98 Å². The lowest BCUT2D eigenvalue weighted by atomic mass is 10.1. The molecule has 19 heavy (non-hydrogen) atoms. The fourth-order valence-electron chi connectivity index (χ4n) is 1.77. The van der Waals surface area contributed by atoms with Crippen molar-refractivity contribution in [2.75, 3.05) is 12.4 Å². The molecule has 2 rings (SSSR count). The molecule has 0 radical (unpaired) electrons. The number of benzene rings is 1. The van der Waals surface area contributed by atoms with Crippen LogP contribution in [0.2, 0.25) is 0 Å². The Morgan fingerprint density at radius 3 is 2.63 bits per heavy atom. The second-order valence-corrected chi connectivity index (χ2v) is 4.15. The maximum atomic E-state index is 13.1. The molecule has 0 bridgehead atoms. The van der Waals surface area contributed by atoms with Crippen LogP contribution in [0.15, 0.2) is 36.7 Å². The summed E-state index contributed by atoms with van der Waals surface area (Å²) in [4.78, 5) is 3.80. The number of hydrogen-bond acceptors (Lipinski definition) is 3. The molecule has 0 fully saturated rings. The smallest absolute Gasteiger partial charge is 0.144 e. The molecule has 0 saturated carbocycles. The third-order valence-electron chi connectivity index (χ3n) is 2.76. The molecule has 1 unspecified atom stereocenters. The number of pyridine rings is 1. The minimum atomic E-state index is -0.391. The van der Waals surface area contributed by atoms with E-state index in [0.717, 1.165) is 6.20 Å². The van der Waals surface area contributed by atoms with E-state index in [2.05, 4.69) is 10.3 Å². The topological polar surface area (TPSA) is 34.1 Å². The van der Waals surface area contributed by atoms with Crippen molar-refractivity contribution >= 4 is 5.69 Å². The van der Waals surface area contributed by atoms with Crippen LogP contribution in [-0.2, 0) is 0 Å². The van der Waals surface area contributed by atoms with Crippen LogP contribution in [0.5, 0.6) is 5.75 Å². The van der Waals surface area contributed by atoms with Gasteiger partial charge in [0.25, 0.3) is 0 Å². The summed E-state index contributed by atoms with van der Waals surface area (Å²) >= 11 is 0. The summed E-state index contributed by atoms with van der Waals surface area (Å²) in [7, 11) is 1.47. The SMILES string of the molecule is COc1cc(F)ccc1NC(C)c1cncc(F)c1. The normalized spacial score (nSPS) is 12.0. The highest BCUT2D eigenvalue weighted by molar-refractivity contribution is 5.57. The van der Waals surface area contributed by atoms with Gasteiger partial charge < -0.3 is 10.1 Å². The molecule has 5 heteroatoms. The standard InChI is InChI=1S/C14H14F2N2O/c1-9(10-5-12(16)8-17-7-10)18-13-4-3-11(15)6-14(13)19-2/h3-9,18H,1-2H3. The van der Waals surface area contributed by atoms with Crippen LogP contribution in [0.25, 0.3) is 0 Å². The predicted octanol–water partition coefficient (Wildman–Crippen LogP) is 3.54. The Labute approximate surface area is 110 Å². The van der Waals surface area contributed by atoms with Crippen LogP contribution < -0.4 is 10.1 Å². The Balaban J connectivity index is 2.21. The molecule has 1 heterocycles. The Bertz CT molecular complexity index is 575. The molecule has 1 aromatic heterocycles. The van der Waals surface area contributed by atoms with E-state index in [1.807, 2.05) is 6.92 Å². The number of halogens is 2. The summed E-state index contributed by atoms with van der Waals surface area (Å²) in [6, 6.07) is 5.43. The van der Waals surface area contributed by atoms with E-state index in [1.165, 1.54) is 25.3 Å². The molecule has 0 aliphatic heterocycles. The molecule has 0 aliphatic rings. The first-order chi connectivity index (χ1) is 9.10. The fraction of sp³-hybridized carbons (Fsp3) is 0.214. The molecule has 0 saturated heterocycles. The zero-order valence-corrected chi connectivity index (χ0v) is 10.7. The van der Waals surface area contributed by atoms with Gasteiger partial charge in [0.2, 0.25) is 0 Å². The van der Waals surface area contributed by atoms with E-state index in [-0.39, 0.29) is 11.9 Å². The van der Waals surface area contributed by atoms with Crippen LogP contribution in [0, 0.1) is 11.6 Å². The molecule has 0 amide bonds. The average Bonchev–Trinajstić information content (AvgIpc) is 2.40. The lowest BCUT2D eigenvalue weighted by Gasteiger charge is -2.17. The average molecular weight is 264 g/mol. The second-order valence-electron chi connectivity index (χ2n) is 4.15. The van der Waals surface area contributed by atoms with Crippen molar-refractivity contribution in [3.05, 3.63) is 53.9 Å². The number of aromatic nitrogens is 1. The molecule has 1 atom stereocenters. The third-order valence-corrected chi connectivity index (χ3v) is 2.76. The van der Waals surface area contributed by atoms with Crippen molar-refractivity contribution in [2.24, 2.45) is 0 Å². The molecular formula is C14H14F2N2O. The minimum absolute atomic E-state index is 0.178. The van der Waals surface area contributed by atoms with E-state index in [9.17, 15) is 8.78 Å². The molecule has 1 N–H and O–H groups in total. The van der Waals surface area contributed by atoms with Crippen LogP contribution in [-0.4, -0.2) is 12.1 Å². The van der Waals surface area contributed by atoms with Gasteiger partial charge in [0.1, 0.15) is 17.4 Å². The summed E-state index contributed by atoms with van der Waals surface area (Å²) in [5, 5.41) is 3.13. The van der Waals surface area contributed by atoms with E-state index in [1.54, 1.807) is 12.3 Å². The van der Waals surface area contributed by atoms with Gasteiger partial charge in [0.05, 0.1) is 25.0 Å². The van der Waals surface area contributed by atoms with Gasteiger partial charge in [0, 0.05) is 12.3 Å². The quantitative estimate of drug-likeness (QED) is 0.917. The van der Waals surface area contributed by atoms with Gasteiger partial charge in [-0.25, -0.2) is 8.78 Å². The highest BCUT2D eigenvalue weighted by Gasteiger charge is 2.10. The Morgan fingerprint density at radius 2 is 1.95 bits per heavy atom. The summed E-state index contributed by atoms with van der Waals surface area (Å²) in [6.07, 6.45) is 2.73. The largest absolute Gasteiger partial charge is 0.494 e. The number of nitrogens with one attached hydrogen (secondary N) is 1. The van der Waals surface area contributed by atoms with Crippen LogP contribution in [0.4, 0.5) is 14.5 Å². The van der Waals surface area contributed by atoms with Gasteiger partial charge in [0.15, 0.2) is 0 Å². The van der Waals surface area contributed by atoms with E-state index < -0.39 is 5.82 Å². The number of nitrogens with zero attached hydrogens (tertiary/aromatic N) is 1. The van der Waals surface area contributed by atoms with Gasteiger partial charge in [-0.1, -0.05) is 0 Å². The number of methoxy groups -OCH3 is 1. The molecule has 100 valence electrons. The number of rotatable bonds is 4. The number of hydrogen-bond donors (Lipinski definition) is 1. The maximum Gasteiger partial charge on any atom is 0.144 e. The Hall–Kier alpha value is -2.17. The van der Waals surface area contributed by atoms with Gasteiger partial charge >= 0.3 is 0 Å². The molecule has 1 aromatic carbocycles. The van der Waals surface area contributed by atoms with Gasteiger partial charge in [-0.2, -0.15) is 0 Å².